The highest BCUT2D eigenvalue weighted by Gasteiger charge is 2.44. The van der Waals surface area contributed by atoms with E-state index < -0.39 is 5.79 Å². The van der Waals surface area contributed by atoms with Gasteiger partial charge in [-0.05, 0) is 70.1 Å². The first kappa shape index (κ1) is 31.0. The molecule has 0 N–H and O–H groups in total. The normalized spacial score (nSPS) is 24.0. The number of esters is 1. The minimum atomic E-state index is -0.439. The molecule has 2 fully saturated rings. The van der Waals surface area contributed by atoms with Gasteiger partial charge in [-0.3, -0.25) is 9.59 Å². The van der Waals surface area contributed by atoms with Crippen molar-refractivity contribution in [2.24, 2.45) is 23.7 Å². The molecule has 0 bridgehead atoms. The SMILES string of the molecule is CCCCCCCC1(CC[C@@H]2C(C/C=C\CCCC(=O)OC(C)C)C(=O)C[C@H]2CC(C)C)OCCO1. The number of hydrogen-bond acceptors (Lipinski definition) is 5. The van der Waals surface area contributed by atoms with Crippen molar-refractivity contribution >= 4 is 11.8 Å². The first-order valence-corrected chi connectivity index (χ1v) is 14.9. The Kier molecular flexibility index (Phi) is 14.3. The Morgan fingerprint density at radius 2 is 1.75 bits per heavy atom. The molecule has 1 saturated heterocycles. The van der Waals surface area contributed by atoms with Crippen molar-refractivity contribution in [3.05, 3.63) is 12.2 Å². The number of ketones is 1. The summed E-state index contributed by atoms with van der Waals surface area (Å²) in [5.41, 5.74) is 0. The first-order chi connectivity index (χ1) is 17.3. The average Bonchev–Trinajstić information content (AvgIpc) is 3.38. The topological polar surface area (TPSA) is 61.8 Å². The summed E-state index contributed by atoms with van der Waals surface area (Å²) in [5, 5.41) is 0. The fraction of sp³-hybridized carbons (Fsp3) is 0.871. The molecule has 1 unspecified atom stereocenters. The highest BCUT2D eigenvalue weighted by Crippen LogP contribution is 2.45. The summed E-state index contributed by atoms with van der Waals surface area (Å²) in [5.74, 6) is 1.41. The summed E-state index contributed by atoms with van der Waals surface area (Å²) >= 11 is 0. The van der Waals surface area contributed by atoms with Gasteiger partial charge in [-0.1, -0.05) is 58.6 Å². The van der Waals surface area contributed by atoms with Crippen molar-refractivity contribution in [3.8, 4) is 0 Å². The molecule has 5 nitrogen and oxygen atoms in total. The van der Waals surface area contributed by atoms with E-state index in [1.807, 2.05) is 13.8 Å². The van der Waals surface area contributed by atoms with Gasteiger partial charge >= 0.3 is 5.97 Å². The van der Waals surface area contributed by atoms with E-state index in [0.29, 0.717) is 49.6 Å². The first-order valence-electron chi connectivity index (χ1n) is 14.9. The van der Waals surface area contributed by atoms with Gasteiger partial charge in [0.05, 0.1) is 19.3 Å². The van der Waals surface area contributed by atoms with Gasteiger partial charge in [0.2, 0.25) is 0 Å². The van der Waals surface area contributed by atoms with Gasteiger partial charge in [-0.2, -0.15) is 0 Å². The molecule has 0 amide bonds. The van der Waals surface area contributed by atoms with Crippen molar-refractivity contribution < 1.29 is 23.8 Å². The van der Waals surface area contributed by atoms with E-state index in [2.05, 4.69) is 32.9 Å². The Morgan fingerprint density at radius 3 is 2.42 bits per heavy atom. The third-order valence-electron chi connectivity index (χ3n) is 7.78. The third-order valence-corrected chi connectivity index (χ3v) is 7.78. The molecule has 0 spiro atoms. The average molecular weight is 507 g/mol. The Morgan fingerprint density at radius 1 is 1.03 bits per heavy atom. The van der Waals surface area contributed by atoms with E-state index in [4.69, 9.17) is 14.2 Å². The number of rotatable bonds is 18. The molecule has 2 rings (SSSR count). The van der Waals surface area contributed by atoms with Crippen LogP contribution in [0.4, 0.5) is 0 Å². The Balaban J connectivity index is 1.91. The van der Waals surface area contributed by atoms with Crippen LogP contribution in [0.2, 0.25) is 0 Å². The molecule has 1 saturated carbocycles. The van der Waals surface area contributed by atoms with Crippen LogP contribution in [0.25, 0.3) is 0 Å². The van der Waals surface area contributed by atoms with E-state index in [-0.39, 0.29) is 18.0 Å². The monoisotopic (exact) mass is 506 g/mol. The van der Waals surface area contributed by atoms with Crippen LogP contribution in [0.3, 0.4) is 0 Å². The zero-order valence-corrected chi connectivity index (χ0v) is 23.9. The number of ether oxygens (including phenoxy) is 3. The predicted octanol–water partition coefficient (Wildman–Crippen LogP) is 7.81. The van der Waals surface area contributed by atoms with Crippen LogP contribution in [0, 0.1) is 23.7 Å². The van der Waals surface area contributed by atoms with Crippen LogP contribution in [-0.4, -0.2) is 36.9 Å². The Labute approximate surface area is 221 Å². The maximum absolute atomic E-state index is 13.1. The molecular weight excluding hydrogens is 452 g/mol. The van der Waals surface area contributed by atoms with E-state index in [0.717, 1.165) is 51.4 Å². The standard InChI is InChI=1S/C31H54O5/c1-6-7-8-11-14-18-31(34-20-21-35-31)19-17-27-26(22-24(2)3)23-29(32)28(27)15-12-9-10-13-16-30(33)36-25(4)5/h9,12,24-28H,6-8,10-11,13-23H2,1-5H3/b12-9-/t26-,27+,28?/m1/s1. The number of carbonyl (C=O) groups is 2. The summed E-state index contributed by atoms with van der Waals surface area (Å²) in [7, 11) is 0. The van der Waals surface area contributed by atoms with Gasteiger partial charge in [0, 0.05) is 31.6 Å². The maximum Gasteiger partial charge on any atom is 0.306 e. The fourth-order valence-electron chi connectivity index (χ4n) is 6.08. The molecule has 1 aliphatic heterocycles. The van der Waals surface area contributed by atoms with Crippen LogP contribution in [0.5, 0.6) is 0 Å². The predicted molar refractivity (Wildman–Crippen MR) is 146 cm³/mol. The van der Waals surface area contributed by atoms with E-state index in [1.165, 1.54) is 25.7 Å². The molecule has 208 valence electrons. The van der Waals surface area contributed by atoms with Crippen molar-refractivity contribution in [1.82, 2.24) is 0 Å². The largest absolute Gasteiger partial charge is 0.463 e. The fourth-order valence-corrected chi connectivity index (χ4v) is 6.08. The molecule has 0 radical (unpaired) electrons. The van der Waals surface area contributed by atoms with Gasteiger partial charge in [-0.25, -0.2) is 0 Å². The second-order valence-electron chi connectivity index (χ2n) is 11.8. The lowest BCUT2D eigenvalue weighted by molar-refractivity contribution is -0.171. The van der Waals surface area contributed by atoms with E-state index >= 15 is 0 Å². The van der Waals surface area contributed by atoms with Crippen LogP contribution < -0.4 is 0 Å². The zero-order chi connectivity index (χ0) is 26.4. The van der Waals surface area contributed by atoms with Crippen LogP contribution in [-0.2, 0) is 23.8 Å². The molecule has 1 aliphatic carbocycles. The molecule has 5 heteroatoms. The van der Waals surface area contributed by atoms with Gasteiger partial charge in [0.25, 0.3) is 0 Å². The molecular formula is C31H54O5. The molecule has 3 atom stereocenters. The number of hydrogen-bond donors (Lipinski definition) is 0. The summed E-state index contributed by atoms with van der Waals surface area (Å²) < 4.78 is 17.6. The van der Waals surface area contributed by atoms with Gasteiger partial charge in [0.1, 0.15) is 5.78 Å². The second-order valence-corrected chi connectivity index (χ2v) is 11.8. The Bertz CT molecular complexity index is 662. The van der Waals surface area contributed by atoms with Crippen molar-refractivity contribution in [1.29, 1.82) is 0 Å². The smallest absolute Gasteiger partial charge is 0.306 e. The number of Topliss-reactive ketones (excluding diaryl/α,β-unsaturated/α-hetero) is 1. The molecule has 0 aromatic heterocycles. The molecule has 0 aromatic carbocycles. The van der Waals surface area contributed by atoms with Crippen LogP contribution in [0.15, 0.2) is 12.2 Å². The molecule has 36 heavy (non-hydrogen) atoms. The number of carbonyl (C=O) groups excluding carboxylic acids is 2. The maximum atomic E-state index is 13.1. The zero-order valence-electron chi connectivity index (χ0n) is 23.9. The van der Waals surface area contributed by atoms with Crippen molar-refractivity contribution in [2.45, 2.75) is 136 Å². The number of allylic oxidation sites excluding steroid dienone is 2. The van der Waals surface area contributed by atoms with Crippen molar-refractivity contribution in [3.63, 3.8) is 0 Å². The minimum absolute atomic E-state index is 0.0580. The summed E-state index contributed by atoms with van der Waals surface area (Å²) in [6.07, 6.45) is 18.1. The lowest BCUT2D eigenvalue weighted by atomic mass is 9.79. The quantitative estimate of drug-likeness (QED) is 0.108. The number of unbranched alkanes of at least 4 members (excludes halogenated alkanes) is 5. The Hall–Kier alpha value is -1.20. The molecule has 0 aromatic rings. The lowest BCUT2D eigenvalue weighted by Gasteiger charge is -2.31. The summed E-state index contributed by atoms with van der Waals surface area (Å²) in [6, 6.07) is 0. The highest BCUT2D eigenvalue weighted by atomic mass is 16.7. The van der Waals surface area contributed by atoms with Gasteiger partial charge in [0.15, 0.2) is 5.79 Å². The highest BCUT2D eigenvalue weighted by molar-refractivity contribution is 5.84. The molecule has 2 aliphatic rings. The van der Waals surface area contributed by atoms with Crippen LogP contribution >= 0.6 is 0 Å². The van der Waals surface area contributed by atoms with Crippen molar-refractivity contribution in [2.75, 3.05) is 13.2 Å². The van der Waals surface area contributed by atoms with Gasteiger partial charge in [-0.15, -0.1) is 0 Å². The molecule has 1 heterocycles. The second kappa shape index (κ2) is 16.6. The summed E-state index contributed by atoms with van der Waals surface area (Å²) in [4.78, 5) is 24.8. The van der Waals surface area contributed by atoms with E-state index in [1.54, 1.807) is 0 Å². The van der Waals surface area contributed by atoms with E-state index in [9.17, 15) is 9.59 Å². The van der Waals surface area contributed by atoms with Gasteiger partial charge < -0.3 is 14.2 Å². The van der Waals surface area contributed by atoms with Crippen LogP contribution in [0.1, 0.15) is 125 Å². The summed E-state index contributed by atoms with van der Waals surface area (Å²) in [6.45, 7) is 11.9. The lowest BCUT2D eigenvalue weighted by Crippen LogP contribution is -2.32. The third kappa shape index (κ3) is 11.0. The minimum Gasteiger partial charge on any atom is -0.463 e.